The van der Waals surface area contributed by atoms with Crippen LogP contribution in [0.3, 0.4) is 0 Å². The van der Waals surface area contributed by atoms with E-state index in [1.165, 1.54) is 6.92 Å². The second kappa shape index (κ2) is 16.6. The number of carboxylic acids is 1. The number of unbranched alkanes of at least 4 members (excludes halogenated alkanes) is 2. The molecule has 196 valence electrons. The summed E-state index contributed by atoms with van der Waals surface area (Å²) in [7, 11) is 0. The Morgan fingerprint density at radius 3 is 1.77 bits per heavy atom. The van der Waals surface area contributed by atoms with Crippen molar-refractivity contribution in [3.05, 3.63) is 35.9 Å². The SMILES string of the molecule is CC(N)C(=O)NC(Cc1ccccc1)C(=O)NC(CCCCN)C(=O)NC(CCCCN)C(=O)O. The van der Waals surface area contributed by atoms with Crippen LogP contribution in [0, 0.1) is 0 Å². The Morgan fingerprint density at radius 1 is 0.771 bits per heavy atom. The molecule has 0 aromatic heterocycles. The monoisotopic (exact) mass is 492 g/mol. The van der Waals surface area contributed by atoms with Gasteiger partial charge in [-0.15, -0.1) is 0 Å². The van der Waals surface area contributed by atoms with Crippen LogP contribution < -0.4 is 33.2 Å². The summed E-state index contributed by atoms with van der Waals surface area (Å²) < 4.78 is 0. The Kier molecular flexibility index (Phi) is 14.2. The summed E-state index contributed by atoms with van der Waals surface area (Å²) in [5.74, 6) is -2.83. The topological polar surface area (TPSA) is 203 Å². The first-order chi connectivity index (χ1) is 16.7. The van der Waals surface area contributed by atoms with Crippen molar-refractivity contribution in [3.63, 3.8) is 0 Å². The lowest BCUT2D eigenvalue weighted by Gasteiger charge is -2.25. The van der Waals surface area contributed by atoms with Gasteiger partial charge >= 0.3 is 5.97 Å². The van der Waals surface area contributed by atoms with Gasteiger partial charge in [-0.25, -0.2) is 4.79 Å². The number of rotatable bonds is 17. The number of carbonyl (C=O) groups excluding carboxylic acids is 3. The molecule has 0 fully saturated rings. The van der Waals surface area contributed by atoms with Gasteiger partial charge in [-0.3, -0.25) is 14.4 Å². The maximum absolute atomic E-state index is 13.2. The summed E-state index contributed by atoms with van der Waals surface area (Å²) in [6.07, 6.45) is 3.05. The van der Waals surface area contributed by atoms with Crippen LogP contribution in [0.4, 0.5) is 0 Å². The maximum Gasteiger partial charge on any atom is 0.326 e. The smallest absolute Gasteiger partial charge is 0.326 e. The molecule has 11 nitrogen and oxygen atoms in total. The molecule has 4 unspecified atom stereocenters. The van der Waals surface area contributed by atoms with Gasteiger partial charge in [0.05, 0.1) is 6.04 Å². The van der Waals surface area contributed by atoms with Gasteiger partial charge < -0.3 is 38.3 Å². The fourth-order valence-electron chi connectivity index (χ4n) is 3.42. The molecule has 0 aliphatic heterocycles. The van der Waals surface area contributed by atoms with Crippen molar-refractivity contribution in [2.45, 2.75) is 76.0 Å². The van der Waals surface area contributed by atoms with E-state index in [0.29, 0.717) is 38.8 Å². The third-order valence-electron chi connectivity index (χ3n) is 5.47. The molecule has 0 spiro atoms. The summed E-state index contributed by atoms with van der Waals surface area (Å²) >= 11 is 0. The van der Waals surface area contributed by atoms with Crippen LogP contribution >= 0.6 is 0 Å². The molecular formula is C24H40N6O5. The van der Waals surface area contributed by atoms with Crippen LogP contribution in [0.1, 0.15) is 51.0 Å². The molecule has 0 aliphatic carbocycles. The molecule has 1 aromatic carbocycles. The molecular weight excluding hydrogens is 452 g/mol. The maximum atomic E-state index is 13.2. The fraction of sp³-hybridized carbons (Fsp3) is 0.583. The molecule has 0 saturated carbocycles. The molecule has 4 atom stereocenters. The molecule has 1 aromatic rings. The largest absolute Gasteiger partial charge is 0.480 e. The van der Waals surface area contributed by atoms with Crippen LogP contribution in [-0.4, -0.2) is 66.1 Å². The predicted molar refractivity (Wildman–Crippen MR) is 133 cm³/mol. The summed E-state index contributed by atoms with van der Waals surface area (Å²) in [4.78, 5) is 50.0. The third kappa shape index (κ3) is 11.8. The Balaban J connectivity index is 3.01. The van der Waals surface area contributed by atoms with Gasteiger partial charge in [-0.05, 0) is 64.1 Å². The van der Waals surface area contributed by atoms with Crippen LogP contribution in [0.15, 0.2) is 30.3 Å². The molecule has 0 aliphatic rings. The van der Waals surface area contributed by atoms with Crippen molar-refractivity contribution in [3.8, 4) is 0 Å². The van der Waals surface area contributed by atoms with Gasteiger partial charge in [0.1, 0.15) is 18.1 Å². The van der Waals surface area contributed by atoms with Gasteiger partial charge in [0.2, 0.25) is 17.7 Å². The Hall–Kier alpha value is -3.02. The standard InChI is InChI=1S/C24H40N6O5/c1-16(27)21(31)30-20(15-17-9-3-2-4-10-17)23(33)28-18(11-5-7-13-25)22(32)29-19(24(34)35)12-6-8-14-26/h2-4,9-10,16,18-20H,5-8,11-15,25-27H2,1H3,(H,28,33)(H,29,32)(H,30,31)(H,34,35). The molecule has 0 bridgehead atoms. The number of nitrogens with two attached hydrogens (primary N) is 3. The molecule has 35 heavy (non-hydrogen) atoms. The number of hydrogen-bond donors (Lipinski definition) is 7. The summed E-state index contributed by atoms with van der Waals surface area (Å²) in [6.45, 7) is 2.35. The van der Waals surface area contributed by atoms with E-state index in [1.54, 1.807) is 0 Å². The second-order valence-electron chi connectivity index (χ2n) is 8.57. The summed E-state index contributed by atoms with van der Waals surface area (Å²) in [5.41, 5.74) is 17.5. The number of hydrogen-bond acceptors (Lipinski definition) is 7. The summed E-state index contributed by atoms with van der Waals surface area (Å²) in [6, 6.07) is 5.23. The molecule has 10 N–H and O–H groups in total. The zero-order valence-corrected chi connectivity index (χ0v) is 20.4. The number of benzene rings is 1. The first-order valence-electron chi connectivity index (χ1n) is 12.0. The van der Waals surface area contributed by atoms with Crippen LogP contribution in [0.25, 0.3) is 0 Å². The minimum Gasteiger partial charge on any atom is -0.480 e. The molecule has 0 radical (unpaired) electrons. The number of aliphatic carboxylic acids is 1. The van der Waals surface area contributed by atoms with Crippen molar-refractivity contribution in [1.29, 1.82) is 0 Å². The Morgan fingerprint density at radius 2 is 1.26 bits per heavy atom. The number of carbonyl (C=O) groups is 4. The molecule has 0 saturated heterocycles. The molecule has 3 amide bonds. The number of carboxylic acid groups (broad SMARTS) is 1. The fourth-order valence-corrected chi connectivity index (χ4v) is 3.42. The van der Waals surface area contributed by atoms with E-state index in [0.717, 1.165) is 5.56 Å². The molecule has 0 heterocycles. The van der Waals surface area contributed by atoms with Crippen molar-refractivity contribution >= 4 is 23.7 Å². The van der Waals surface area contributed by atoms with Crippen molar-refractivity contribution in [2.75, 3.05) is 13.1 Å². The van der Waals surface area contributed by atoms with Gasteiger partial charge in [-0.2, -0.15) is 0 Å². The Bertz CT molecular complexity index is 805. The van der Waals surface area contributed by atoms with E-state index in [4.69, 9.17) is 17.2 Å². The van der Waals surface area contributed by atoms with Crippen molar-refractivity contribution in [1.82, 2.24) is 16.0 Å². The van der Waals surface area contributed by atoms with Gasteiger partial charge in [0, 0.05) is 6.42 Å². The normalized spacial score (nSPS) is 14.3. The average molecular weight is 493 g/mol. The lowest BCUT2D eigenvalue weighted by Crippen LogP contribution is -2.57. The van der Waals surface area contributed by atoms with Crippen LogP contribution in [-0.2, 0) is 25.6 Å². The second-order valence-corrected chi connectivity index (χ2v) is 8.57. The van der Waals surface area contributed by atoms with Crippen molar-refractivity contribution < 1.29 is 24.3 Å². The molecule has 11 heteroatoms. The minimum absolute atomic E-state index is 0.194. The van der Waals surface area contributed by atoms with Crippen LogP contribution in [0.2, 0.25) is 0 Å². The highest BCUT2D eigenvalue weighted by Crippen LogP contribution is 2.08. The van der Waals surface area contributed by atoms with Crippen LogP contribution in [0.5, 0.6) is 0 Å². The van der Waals surface area contributed by atoms with E-state index in [2.05, 4.69) is 16.0 Å². The molecule has 1 rings (SSSR count). The highest BCUT2D eigenvalue weighted by atomic mass is 16.4. The zero-order chi connectivity index (χ0) is 26.2. The van der Waals surface area contributed by atoms with Gasteiger partial charge in [-0.1, -0.05) is 30.3 Å². The quantitative estimate of drug-likeness (QED) is 0.139. The van der Waals surface area contributed by atoms with E-state index in [9.17, 15) is 24.3 Å². The highest BCUT2D eigenvalue weighted by Gasteiger charge is 2.29. The first-order valence-corrected chi connectivity index (χ1v) is 12.0. The van der Waals surface area contributed by atoms with Gasteiger partial charge in [0.25, 0.3) is 0 Å². The number of nitrogens with one attached hydrogen (secondary N) is 3. The minimum atomic E-state index is -1.16. The van der Waals surface area contributed by atoms with Crippen molar-refractivity contribution in [2.24, 2.45) is 17.2 Å². The van der Waals surface area contributed by atoms with E-state index < -0.39 is 47.9 Å². The van der Waals surface area contributed by atoms with Gasteiger partial charge in [0.15, 0.2) is 0 Å². The zero-order valence-electron chi connectivity index (χ0n) is 20.4. The average Bonchev–Trinajstić information content (AvgIpc) is 2.82. The Labute approximate surface area is 206 Å². The lowest BCUT2D eigenvalue weighted by atomic mass is 10.0. The summed E-state index contributed by atoms with van der Waals surface area (Å²) in [5, 5.41) is 17.3. The highest BCUT2D eigenvalue weighted by molar-refractivity contribution is 5.94. The number of amides is 3. The van der Waals surface area contributed by atoms with E-state index >= 15 is 0 Å². The van der Waals surface area contributed by atoms with E-state index in [-0.39, 0.29) is 19.3 Å². The first kappa shape index (κ1) is 30.0. The third-order valence-corrected chi connectivity index (χ3v) is 5.47. The van der Waals surface area contributed by atoms with E-state index in [1.807, 2.05) is 30.3 Å². The lowest BCUT2D eigenvalue weighted by molar-refractivity contribution is -0.142. The predicted octanol–water partition coefficient (Wildman–Crippen LogP) is -0.627.